The van der Waals surface area contributed by atoms with Crippen LogP contribution in [0.2, 0.25) is 0 Å². The maximum Gasteiger partial charge on any atom is 0.259 e. The molecule has 0 aliphatic carbocycles. The molecule has 43 heavy (non-hydrogen) atoms. The number of fused-ring (bicyclic) bond motifs is 4. The number of hydrogen-bond acceptors (Lipinski definition) is 9. The van der Waals surface area contributed by atoms with Gasteiger partial charge in [0.15, 0.2) is 16.7 Å². The summed E-state index contributed by atoms with van der Waals surface area (Å²) < 4.78 is 16.1. The van der Waals surface area contributed by atoms with Crippen LogP contribution in [0.4, 0.5) is 11.4 Å². The summed E-state index contributed by atoms with van der Waals surface area (Å²) in [5, 5.41) is 5.57. The molecule has 2 N–H and O–H groups in total. The summed E-state index contributed by atoms with van der Waals surface area (Å²) in [6.07, 6.45) is 0.348. The van der Waals surface area contributed by atoms with E-state index in [1.54, 1.807) is 25.3 Å². The average molecular weight is 600 g/mol. The first-order chi connectivity index (χ1) is 20.9. The Hall–Kier alpha value is -4.84. The second-order valence-electron chi connectivity index (χ2n) is 9.92. The highest BCUT2D eigenvalue weighted by Crippen LogP contribution is 2.37. The van der Waals surface area contributed by atoms with Crippen molar-refractivity contribution in [3.8, 4) is 17.2 Å². The fourth-order valence-corrected chi connectivity index (χ4v) is 5.97. The Morgan fingerprint density at radius 1 is 1.09 bits per heavy atom. The van der Waals surface area contributed by atoms with E-state index in [9.17, 15) is 14.4 Å². The Kier molecular flexibility index (Phi) is 8.01. The van der Waals surface area contributed by atoms with Crippen LogP contribution in [0.3, 0.4) is 0 Å². The van der Waals surface area contributed by atoms with Crippen LogP contribution in [0, 0.1) is 0 Å². The number of aliphatic imine (C=N–C) groups is 2. The number of benzene rings is 3. The minimum Gasteiger partial charge on any atom is -0.496 e. The molecule has 220 valence electrons. The van der Waals surface area contributed by atoms with Gasteiger partial charge < -0.3 is 24.8 Å². The maximum absolute atomic E-state index is 13.7. The second kappa shape index (κ2) is 12.2. The van der Waals surface area contributed by atoms with Crippen LogP contribution < -0.4 is 24.8 Å². The molecule has 0 spiro atoms. The average Bonchev–Trinajstić information content (AvgIpc) is 3.63. The summed E-state index contributed by atoms with van der Waals surface area (Å²) in [5.74, 6) is 1.35. The highest BCUT2D eigenvalue weighted by Gasteiger charge is 2.43. The van der Waals surface area contributed by atoms with E-state index in [4.69, 9.17) is 19.2 Å². The zero-order chi connectivity index (χ0) is 29.9. The molecule has 3 aromatic carbocycles. The number of amides is 3. The van der Waals surface area contributed by atoms with Crippen LogP contribution >= 0.6 is 11.8 Å². The number of carbonyl (C=O) groups excluding carboxylic acids is 3. The molecule has 2 atom stereocenters. The predicted molar refractivity (Wildman–Crippen MR) is 163 cm³/mol. The molecule has 0 bridgehead atoms. The number of hydrogen-bond donors (Lipinski definition) is 2. The quantitative estimate of drug-likeness (QED) is 0.376. The number of nitrogens with zero attached hydrogens (tertiary/aromatic N) is 3. The summed E-state index contributed by atoms with van der Waals surface area (Å²) >= 11 is 1.19. The fraction of sp³-hybridized carbons (Fsp3) is 0.258. The van der Waals surface area contributed by atoms with Gasteiger partial charge in [-0.1, -0.05) is 49.0 Å². The molecule has 3 amide bonds. The van der Waals surface area contributed by atoms with Crippen molar-refractivity contribution >= 4 is 51.9 Å². The molecule has 0 unspecified atom stereocenters. The lowest BCUT2D eigenvalue weighted by molar-refractivity contribution is -0.128. The third-order valence-electron chi connectivity index (χ3n) is 7.15. The molecule has 0 radical (unpaired) electrons. The highest BCUT2D eigenvalue weighted by atomic mass is 32.2. The van der Waals surface area contributed by atoms with Crippen molar-refractivity contribution in [3.63, 3.8) is 0 Å². The topological polar surface area (TPSA) is 131 Å². The van der Waals surface area contributed by atoms with Gasteiger partial charge in [0.05, 0.1) is 24.5 Å². The number of rotatable bonds is 9. The van der Waals surface area contributed by atoms with E-state index in [1.807, 2.05) is 55.5 Å². The third-order valence-corrected chi connectivity index (χ3v) is 8.46. The predicted octanol–water partition coefficient (Wildman–Crippen LogP) is 4.24. The molecule has 0 aromatic heterocycles. The number of anilines is 1. The Morgan fingerprint density at radius 3 is 2.72 bits per heavy atom. The number of para-hydroxylation sites is 2. The van der Waals surface area contributed by atoms with E-state index in [0.29, 0.717) is 51.6 Å². The summed E-state index contributed by atoms with van der Waals surface area (Å²) in [4.78, 5) is 50.8. The molecule has 3 aliphatic rings. The van der Waals surface area contributed by atoms with Gasteiger partial charge in [-0.3, -0.25) is 19.4 Å². The molecule has 3 aromatic rings. The van der Waals surface area contributed by atoms with Crippen LogP contribution in [0.25, 0.3) is 0 Å². The van der Waals surface area contributed by atoms with Crippen LogP contribution in [0.5, 0.6) is 17.2 Å². The molecule has 3 heterocycles. The zero-order valence-corrected chi connectivity index (χ0v) is 24.3. The molecule has 0 saturated heterocycles. The van der Waals surface area contributed by atoms with Crippen molar-refractivity contribution in [2.75, 3.05) is 19.2 Å². The van der Waals surface area contributed by atoms with Gasteiger partial charge in [0.2, 0.25) is 18.6 Å². The molecule has 6 rings (SSSR count). The Balaban J connectivity index is 1.18. The fourth-order valence-electron chi connectivity index (χ4n) is 4.95. The van der Waals surface area contributed by atoms with Crippen molar-refractivity contribution in [1.82, 2.24) is 10.2 Å². The van der Waals surface area contributed by atoms with Gasteiger partial charge in [-0.2, -0.15) is 0 Å². The number of ether oxygens (including phenoxy) is 3. The molecular formula is C31H29N5O6S. The van der Waals surface area contributed by atoms with Gasteiger partial charge in [-0.15, -0.1) is 0 Å². The first-order valence-electron chi connectivity index (χ1n) is 13.8. The SMILES string of the molecule is CC[C@H](SC1=Nc2ccccc2C2=N[C@H](CC(=O)NCc3ccccc3OC)C(=O)N12)C(=O)Nc1ccc2c(c1)OCO2. The van der Waals surface area contributed by atoms with Gasteiger partial charge >= 0.3 is 0 Å². The third kappa shape index (κ3) is 5.78. The number of methoxy groups -OCH3 is 1. The number of thioether (sulfide) groups is 1. The van der Waals surface area contributed by atoms with E-state index in [0.717, 1.165) is 5.56 Å². The normalized spacial score (nSPS) is 16.9. The molecule has 12 heteroatoms. The number of nitrogens with one attached hydrogen (secondary N) is 2. The van der Waals surface area contributed by atoms with E-state index in [2.05, 4.69) is 15.6 Å². The Morgan fingerprint density at radius 2 is 1.88 bits per heavy atom. The van der Waals surface area contributed by atoms with Gasteiger partial charge in [0.25, 0.3) is 5.91 Å². The largest absolute Gasteiger partial charge is 0.496 e. The minimum atomic E-state index is -0.924. The van der Waals surface area contributed by atoms with Crippen molar-refractivity contribution in [3.05, 3.63) is 77.9 Å². The van der Waals surface area contributed by atoms with E-state index in [-0.39, 0.29) is 37.5 Å². The van der Waals surface area contributed by atoms with Gasteiger partial charge in [0.1, 0.15) is 17.6 Å². The molecule has 3 aliphatic heterocycles. The van der Waals surface area contributed by atoms with Crippen LogP contribution in [-0.2, 0) is 20.9 Å². The summed E-state index contributed by atoms with van der Waals surface area (Å²) in [7, 11) is 1.57. The van der Waals surface area contributed by atoms with Crippen molar-refractivity contribution in [2.45, 2.75) is 37.6 Å². The van der Waals surface area contributed by atoms with E-state index < -0.39 is 11.3 Å². The first-order valence-corrected chi connectivity index (χ1v) is 14.7. The standard InChI is InChI=1S/C31H29N5O6S/c1-3-26(29(38)33-19-12-13-24-25(14-19)42-17-41-24)43-31-35-21-10-6-5-9-20(21)28-34-22(30(39)36(28)31)15-27(37)32-16-18-8-4-7-11-23(18)40-2/h4-14,22,26H,3,15-17H2,1-2H3,(H,32,37)(H,33,38)/t22-,26+/m1/s1. The van der Waals surface area contributed by atoms with Crippen molar-refractivity contribution < 1.29 is 28.6 Å². The minimum absolute atomic E-state index is 0.129. The Bertz CT molecular complexity index is 1660. The smallest absolute Gasteiger partial charge is 0.259 e. The number of amidine groups is 2. The van der Waals surface area contributed by atoms with E-state index in [1.165, 1.54) is 16.7 Å². The summed E-state index contributed by atoms with van der Waals surface area (Å²) in [6, 6.07) is 19.1. The maximum atomic E-state index is 13.7. The summed E-state index contributed by atoms with van der Waals surface area (Å²) in [5.41, 5.74) is 2.72. The lowest BCUT2D eigenvalue weighted by Gasteiger charge is -2.27. The molecule has 0 fully saturated rings. The first kappa shape index (κ1) is 28.3. The van der Waals surface area contributed by atoms with Crippen molar-refractivity contribution in [2.24, 2.45) is 9.98 Å². The van der Waals surface area contributed by atoms with Crippen molar-refractivity contribution in [1.29, 1.82) is 0 Å². The summed E-state index contributed by atoms with van der Waals surface area (Å²) in [6.45, 7) is 2.29. The van der Waals surface area contributed by atoms with Crippen LogP contribution in [-0.4, -0.2) is 58.8 Å². The van der Waals surface area contributed by atoms with Gasteiger partial charge in [-0.25, -0.2) is 9.89 Å². The second-order valence-corrected chi connectivity index (χ2v) is 11.1. The van der Waals surface area contributed by atoms with Gasteiger partial charge in [0, 0.05) is 29.4 Å². The lowest BCUT2D eigenvalue weighted by Crippen LogP contribution is -2.43. The van der Waals surface area contributed by atoms with Gasteiger partial charge in [-0.05, 0) is 36.8 Å². The zero-order valence-electron chi connectivity index (χ0n) is 23.5. The molecule has 0 saturated carbocycles. The highest BCUT2D eigenvalue weighted by molar-refractivity contribution is 8.15. The Labute approximate surface area is 252 Å². The van der Waals surface area contributed by atoms with Crippen LogP contribution in [0.15, 0.2) is 76.7 Å². The van der Waals surface area contributed by atoms with Crippen LogP contribution in [0.1, 0.15) is 30.9 Å². The lowest BCUT2D eigenvalue weighted by atomic mass is 10.1. The van der Waals surface area contributed by atoms with E-state index >= 15 is 0 Å². The number of carbonyl (C=O) groups is 3. The monoisotopic (exact) mass is 599 g/mol. The molecular weight excluding hydrogens is 570 g/mol. The molecule has 11 nitrogen and oxygen atoms in total.